The predicted molar refractivity (Wildman–Crippen MR) is 79.2 cm³/mol. The molecule has 1 N–H and O–H groups in total. The first-order valence-electron chi connectivity index (χ1n) is 7.03. The smallest absolute Gasteiger partial charge is 0.323 e. The van der Waals surface area contributed by atoms with Crippen molar-refractivity contribution in [2.24, 2.45) is 0 Å². The number of ketones is 1. The van der Waals surface area contributed by atoms with Crippen LogP contribution in [-0.4, -0.2) is 34.7 Å². The molecule has 1 saturated heterocycles. The Morgan fingerprint density at radius 1 is 1.29 bits per heavy atom. The van der Waals surface area contributed by atoms with Crippen LogP contribution in [-0.2, 0) is 4.79 Å². The van der Waals surface area contributed by atoms with Crippen molar-refractivity contribution < 1.29 is 14.4 Å². The molecule has 1 aromatic rings. The van der Waals surface area contributed by atoms with Gasteiger partial charge in [-0.2, -0.15) is 0 Å². The lowest BCUT2D eigenvalue weighted by atomic mass is 9.99. The number of carbonyl (C=O) groups is 3. The third-order valence-corrected chi connectivity index (χ3v) is 4.04. The molecule has 1 aliphatic heterocycles. The normalized spacial score (nSPS) is 21.6. The molecular weight excluding hydrogens is 268 g/mol. The zero-order chi connectivity index (χ0) is 15.8. The minimum absolute atomic E-state index is 0.218. The zero-order valence-electron chi connectivity index (χ0n) is 12.8. The van der Waals surface area contributed by atoms with E-state index in [9.17, 15) is 14.4 Å². The Balaban J connectivity index is 2.20. The Morgan fingerprint density at radius 3 is 2.48 bits per heavy atom. The van der Waals surface area contributed by atoms with E-state index in [1.807, 2.05) is 32.9 Å². The lowest BCUT2D eigenvalue weighted by molar-refractivity contribution is -0.130. The molecular formula is C16H20N2O3. The molecule has 112 valence electrons. The maximum atomic E-state index is 12.3. The zero-order valence-corrected chi connectivity index (χ0v) is 12.8. The van der Waals surface area contributed by atoms with Crippen molar-refractivity contribution in [3.63, 3.8) is 0 Å². The summed E-state index contributed by atoms with van der Waals surface area (Å²) in [7, 11) is 0. The Kier molecular flexibility index (Phi) is 3.85. The third kappa shape index (κ3) is 2.68. The van der Waals surface area contributed by atoms with Crippen molar-refractivity contribution >= 4 is 17.7 Å². The second-order valence-electron chi connectivity index (χ2n) is 5.75. The minimum atomic E-state index is -0.903. The van der Waals surface area contributed by atoms with Crippen LogP contribution in [0.2, 0.25) is 0 Å². The van der Waals surface area contributed by atoms with Crippen LogP contribution in [0, 0.1) is 13.8 Å². The fourth-order valence-electron chi connectivity index (χ4n) is 2.49. The number of urea groups is 1. The number of carbonyl (C=O) groups excluding carboxylic acids is 3. The summed E-state index contributed by atoms with van der Waals surface area (Å²) in [6.07, 6.45) is 0.492. The van der Waals surface area contributed by atoms with Crippen LogP contribution in [0.5, 0.6) is 0 Å². The molecule has 21 heavy (non-hydrogen) atoms. The number of amides is 3. The number of benzene rings is 1. The van der Waals surface area contributed by atoms with Gasteiger partial charge in [-0.15, -0.1) is 0 Å². The van der Waals surface area contributed by atoms with Crippen LogP contribution in [0.3, 0.4) is 0 Å². The van der Waals surface area contributed by atoms with Crippen LogP contribution < -0.4 is 5.32 Å². The molecule has 0 spiro atoms. The van der Waals surface area contributed by atoms with Gasteiger partial charge in [0.1, 0.15) is 5.54 Å². The van der Waals surface area contributed by atoms with E-state index < -0.39 is 11.6 Å². The van der Waals surface area contributed by atoms with Gasteiger partial charge in [-0.3, -0.25) is 14.5 Å². The molecule has 1 aromatic carbocycles. The van der Waals surface area contributed by atoms with Gasteiger partial charge >= 0.3 is 6.03 Å². The Morgan fingerprint density at radius 2 is 1.95 bits per heavy atom. The average Bonchev–Trinajstić information content (AvgIpc) is 2.63. The quantitative estimate of drug-likeness (QED) is 0.682. The van der Waals surface area contributed by atoms with E-state index in [4.69, 9.17) is 0 Å². The first-order valence-corrected chi connectivity index (χ1v) is 7.03. The van der Waals surface area contributed by atoms with Gasteiger partial charge in [-0.1, -0.05) is 30.7 Å². The largest absolute Gasteiger partial charge is 0.325 e. The second kappa shape index (κ2) is 5.31. The lowest BCUT2D eigenvalue weighted by Gasteiger charge is -2.19. The Hall–Kier alpha value is -2.17. The Labute approximate surface area is 124 Å². The van der Waals surface area contributed by atoms with Crippen molar-refractivity contribution in [2.75, 3.05) is 6.54 Å². The summed E-state index contributed by atoms with van der Waals surface area (Å²) in [4.78, 5) is 37.5. The molecule has 2 rings (SSSR count). The third-order valence-electron chi connectivity index (χ3n) is 4.04. The van der Waals surface area contributed by atoms with Crippen LogP contribution in [0.15, 0.2) is 18.2 Å². The molecule has 1 fully saturated rings. The maximum Gasteiger partial charge on any atom is 0.325 e. The van der Waals surface area contributed by atoms with Crippen molar-refractivity contribution in [1.82, 2.24) is 10.2 Å². The van der Waals surface area contributed by atoms with Crippen LogP contribution >= 0.6 is 0 Å². The molecule has 1 atom stereocenters. The fraction of sp³-hybridized carbons (Fsp3) is 0.438. The van der Waals surface area contributed by atoms with E-state index in [1.165, 1.54) is 0 Å². The predicted octanol–water partition coefficient (Wildman–Crippen LogP) is 2.21. The first-order chi connectivity index (χ1) is 9.78. The highest BCUT2D eigenvalue weighted by Gasteiger charge is 2.46. The van der Waals surface area contributed by atoms with Gasteiger partial charge in [0, 0.05) is 5.56 Å². The molecule has 0 saturated carbocycles. The van der Waals surface area contributed by atoms with Crippen LogP contribution in [0.1, 0.15) is 41.8 Å². The Bertz CT molecular complexity index is 624. The maximum absolute atomic E-state index is 12.3. The van der Waals surface area contributed by atoms with Gasteiger partial charge in [0.15, 0.2) is 5.78 Å². The van der Waals surface area contributed by atoms with Gasteiger partial charge in [0.2, 0.25) is 0 Å². The van der Waals surface area contributed by atoms with E-state index >= 15 is 0 Å². The highest BCUT2D eigenvalue weighted by molar-refractivity contribution is 6.11. The van der Waals surface area contributed by atoms with Crippen molar-refractivity contribution in [2.45, 2.75) is 39.7 Å². The minimum Gasteiger partial charge on any atom is -0.323 e. The summed E-state index contributed by atoms with van der Waals surface area (Å²) in [6.45, 7) is 7.08. The number of aryl methyl sites for hydroxylation is 2. The summed E-state index contributed by atoms with van der Waals surface area (Å²) in [5, 5.41) is 2.65. The van der Waals surface area contributed by atoms with Gasteiger partial charge in [-0.25, -0.2) is 4.79 Å². The summed E-state index contributed by atoms with van der Waals surface area (Å²) < 4.78 is 0. The van der Waals surface area contributed by atoms with Gasteiger partial charge in [0.05, 0.1) is 6.54 Å². The summed E-state index contributed by atoms with van der Waals surface area (Å²) in [5.74, 6) is -0.565. The summed E-state index contributed by atoms with van der Waals surface area (Å²) in [6, 6.07) is 5.00. The first kappa shape index (κ1) is 15.2. The van der Waals surface area contributed by atoms with Gasteiger partial charge in [0.25, 0.3) is 5.91 Å². The highest BCUT2D eigenvalue weighted by atomic mass is 16.2. The molecule has 1 heterocycles. The molecule has 1 unspecified atom stereocenters. The van der Waals surface area contributed by atoms with E-state index in [2.05, 4.69) is 5.32 Å². The number of hydrogen-bond donors (Lipinski definition) is 1. The number of imide groups is 1. The summed E-state index contributed by atoms with van der Waals surface area (Å²) >= 11 is 0. The lowest BCUT2D eigenvalue weighted by Crippen LogP contribution is -2.43. The molecule has 0 aromatic heterocycles. The molecule has 0 bridgehead atoms. The standard InChI is InChI=1S/C16H20N2O3/c1-5-16(4)14(20)18(15(21)17-16)9-13(19)12-7-6-10(2)8-11(12)3/h6-8H,5,9H2,1-4H3,(H,17,21). The van der Waals surface area contributed by atoms with Crippen molar-refractivity contribution in [3.05, 3.63) is 34.9 Å². The van der Waals surface area contributed by atoms with Gasteiger partial charge in [-0.05, 0) is 32.8 Å². The average molecular weight is 288 g/mol. The molecule has 1 aliphatic rings. The number of Topliss-reactive ketones (excluding diaryl/α,β-unsaturated/α-hetero) is 1. The number of nitrogens with zero attached hydrogens (tertiary/aromatic N) is 1. The molecule has 5 heteroatoms. The second-order valence-corrected chi connectivity index (χ2v) is 5.75. The molecule has 0 aliphatic carbocycles. The topological polar surface area (TPSA) is 66.5 Å². The van der Waals surface area contributed by atoms with Crippen molar-refractivity contribution in [1.29, 1.82) is 0 Å². The van der Waals surface area contributed by atoms with E-state index in [0.29, 0.717) is 12.0 Å². The SMILES string of the molecule is CCC1(C)NC(=O)N(CC(=O)c2ccc(C)cc2C)C1=O. The molecule has 3 amide bonds. The monoisotopic (exact) mass is 288 g/mol. The summed E-state index contributed by atoms with van der Waals surface area (Å²) in [5.41, 5.74) is 1.56. The van der Waals surface area contributed by atoms with E-state index in [0.717, 1.165) is 16.0 Å². The number of hydrogen-bond acceptors (Lipinski definition) is 3. The van der Waals surface area contributed by atoms with E-state index in [1.54, 1.807) is 13.0 Å². The van der Waals surface area contributed by atoms with Crippen LogP contribution in [0.25, 0.3) is 0 Å². The number of nitrogens with one attached hydrogen (secondary N) is 1. The van der Waals surface area contributed by atoms with E-state index in [-0.39, 0.29) is 18.2 Å². The van der Waals surface area contributed by atoms with Crippen LogP contribution in [0.4, 0.5) is 4.79 Å². The van der Waals surface area contributed by atoms with Gasteiger partial charge < -0.3 is 5.32 Å². The molecule has 0 radical (unpaired) electrons. The number of rotatable bonds is 4. The fourth-order valence-corrected chi connectivity index (χ4v) is 2.49. The molecule has 5 nitrogen and oxygen atoms in total. The highest BCUT2D eigenvalue weighted by Crippen LogP contribution is 2.21. The van der Waals surface area contributed by atoms with Crippen molar-refractivity contribution in [3.8, 4) is 0 Å².